The maximum atomic E-state index is 13.0. The number of likely N-dealkylation sites (tertiary alicyclic amines) is 1. The molecule has 2 aliphatic heterocycles. The van der Waals surface area contributed by atoms with Crippen molar-refractivity contribution in [1.29, 1.82) is 0 Å². The van der Waals surface area contributed by atoms with Crippen LogP contribution in [0.1, 0.15) is 31.2 Å². The molecule has 0 aliphatic carbocycles. The molecule has 2 saturated heterocycles. The van der Waals surface area contributed by atoms with Gasteiger partial charge in [-0.25, -0.2) is 4.39 Å². The van der Waals surface area contributed by atoms with Gasteiger partial charge in [-0.1, -0.05) is 12.1 Å². The van der Waals surface area contributed by atoms with E-state index in [9.17, 15) is 14.0 Å². The molecule has 6 heteroatoms. The predicted molar refractivity (Wildman–Crippen MR) is 93.4 cm³/mol. The fourth-order valence-corrected chi connectivity index (χ4v) is 3.62. The Morgan fingerprint density at radius 3 is 2.72 bits per heavy atom. The second-order valence-electron chi connectivity index (χ2n) is 7.05. The van der Waals surface area contributed by atoms with E-state index in [0.29, 0.717) is 25.4 Å². The lowest BCUT2D eigenvalue weighted by Crippen LogP contribution is -2.47. The van der Waals surface area contributed by atoms with Crippen molar-refractivity contribution in [2.45, 2.75) is 38.1 Å². The van der Waals surface area contributed by atoms with Gasteiger partial charge in [0.25, 0.3) is 0 Å². The first-order valence-corrected chi connectivity index (χ1v) is 9.15. The van der Waals surface area contributed by atoms with Gasteiger partial charge in [0.05, 0.1) is 12.5 Å². The summed E-state index contributed by atoms with van der Waals surface area (Å²) in [4.78, 5) is 26.4. The first-order valence-electron chi connectivity index (χ1n) is 9.15. The van der Waals surface area contributed by atoms with E-state index >= 15 is 0 Å². The first-order chi connectivity index (χ1) is 12.1. The van der Waals surface area contributed by atoms with Gasteiger partial charge < -0.3 is 15.5 Å². The highest BCUT2D eigenvalue weighted by Crippen LogP contribution is 2.17. The minimum absolute atomic E-state index is 0.0557. The Morgan fingerprint density at radius 1 is 1.20 bits per heavy atom. The molecule has 0 spiro atoms. The first kappa shape index (κ1) is 17.9. The van der Waals surface area contributed by atoms with Crippen LogP contribution in [0, 0.1) is 11.7 Å². The van der Waals surface area contributed by atoms with Crippen LogP contribution >= 0.6 is 0 Å². The maximum absolute atomic E-state index is 13.0. The number of amides is 2. The number of hydrogen-bond acceptors (Lipinski definition) is 3. The van der Waals surface area contributed by atoms with Crippen molar-refractivity contribution in [2.75, 3.05) is 26.2 Å². The number of hydrogen-bond donors (Lipinski definition) is 2. The maximum Gasteiger partial charge on any atom is 0.237 e. The van der Waals surface area contributed by atoms with Gasteiger partial charge in [0.15, 0.2) is 0 Å². The van der Waals surface area contributed by atoms with E-state index < -0.39 is 0 Å². The van der Waals surface area contributed by atoms with Crippen LogP contribution in [0.25, 0.3) is 0 Å². The van der Waals surface area contributed by atoms with Crippen LogP contribution in [-0.2, 0) is 16.0 Å². The van der Waals surface area contributed by atoms with E-state index in [4.69, 9.17) is 0 Å². The van der Waals surface area contributed by atoms with Gasteiger partial charge in [0.1, 0.15) is 5.82 Å². The molecule has 136 valence electrons. The van der Waals surface area contributed by atoms with E-state index in [2.05, 4.69) is 10.6 Å². The number of carbonyl (C=O) groups excluding carboxylic acids is 2. The summed E-state index contributed by atoms with van der Waals surface area (Å²) < 4.78 is 13.0. The lowest BCUT2D eigenvalue weighted by molar-refractivity contribution is -0.132. The molecule has 2 aliphatic rings. The molecule has 3 rings (SSSR count). The summed E-state index contributed by atoms with van der Waals surface area (Å²) in [6, 6.07) is 6.02. The van der Waals surface area contributed by atoms with Gasteiger partial charge >= 0.3 is 0 Å². The zero-order valence-electron chi connectivity index (χ0n) is 14.5. The van der Waals surface area contributed by atoms with E-state index in [1.54, 1.807) is 12.1 Å². The Kier molecular flexibility index (Phi) is 6.02. The number of halogens is 1. The molecule has 2 heterocycles. The molecule has 2 fully saturated rings. The third kappa shape index (κ3) is 5.01. The zero-order chi connectivity index (χ0) is 17.6. The van der Waals surface area contributed by atoms with Gasteiger partial charge in [-0.3, -0.25) is 9.59 Å². The molecular formula is C19H26FN3O2. The SMILES string of the molecule is O=C(NCC1CCCN(C(=O)Cc2ccc(F)cc2)C1)C1CCCN1. The molecule has 2 unspecified atom stereocenters. The fourth-order valence-electron chi connectivity index (χ4n) is 3.62. The standard InChI is InChI=1S/C19H26FN3O2/c20-16-7-5-14(6-8-16)11-18(24)23-10-2-3-15(13-23)12-22-19(25)17-4-1-9-21-17/h5-8,15,17,21H,1-4,9-13H2,(H,22,25). The van der Waals surface area contributed by atoms with Gasteiger partial charge in [-0.2, -0.15) is 0 Å². The summed E-state index contributed by atoms with van der Waals surface area (Å²) in [7, 11) is 0. The second kappa shape index (κ2) is 8.43. The molecule has 5 nitrogen and oxygen atoms in total. The van der Waals surface area contributed by atoms with Crippen LogP contribution in [0.3, 0.4) is 0 Å². The summed E-state index contributed by atoms with van der Waals surface area (Å²) >= 11 is 0. The molecule has 1 aromatic rings. The van der Waals surface area contributed by atoms with Gasteiger partial charge in [-0.15, -0.1) is 0 Å². The number of nitrogens with zero attached hydrogens (tertiary/aromatic N) is 1. The lowest BCUT2D eigenvalue weighted by Gasteiger charge is -2.33. The molecule has 0 saturated carbocycles. The molecule has 0 radical (unpaired) electrons. The Hall–Kier alpha value is -1.95. The number of carbonyl (C=O) groups is 2. The Balaban J connectivity index is 1.46. The minimum Gasteiger partial charge on any atom is -0.354 e. The van der Waals surface area contributed by atoms with E-state index in [1.165, 1.54) is 12.1 Å². The van der Waals surface area contributed by atoms with Crippen LogP contribution in [0.5, 0.6) is 0 Å². The molecule has 2 atom stereocenters. The van der Waals surface area contributed by atoms with Crippen molar-refractivity contribution in [1.82, 2.24) is 15.5 Å². The molecule has 2 amide bonds. The largest absolute Gasteiger partial charge is 0.354 e. The third-order valence-corrected chi connectivity index (χ3v) is 5.08. The Bertz CT molecular complexity index is 599. The molecular weight excluding hydrogens is 321 g/mol. The summed E-state index contributed by atoms with van der Waals surface area (Å²) in [6.07, 6.45) is 4.23. The molecule has 0 aromatic heterocycles. The summed E-state index contributed by atoms with van der Waals surface area (Å²) in [6.45, 7) is 2.97. The zero-order valence-corrected chi connectivity index (χ0v) is 14.5. The Labute approximate surface area is 148 Å². The number of benzene rings is 1. The molecule has 1 aromatic carbocycles. The fraction of sp³-hybridized carbons (Fsp3) is 0.579. The van der Waals surface area contributed by atoms with Crippen molar-refractivity contribution >= 4 is 11.8 Å². The van der Waals surface area contributed by atoms with Gasteiger partial charge in [0.2, 0.25) is 11.8 Å². The average molecular weight is 347 g/mol. The monoisotopic (exact) mass is 347 g/mol. The van der Waals surface area contributed by atoms with Crippen LogP contribution in [-0.4, -0.2) is 48.9 Å². The highest BCUT2D eigenvalue weighted by molar-refractivity contribution is 5.82. The molecule has 2 N–H and O–H groups in total. The highest BCUT2D eigenvalue weighted by Gasteiger charge is 2.26. The van der Waals surface area contributed by atoms with Crippen LogP contribution in [0.15, 0.2) is 24.3 Å². The minimum atomic E-state index is -0.290. The van der Waals surface area contributed by atoms with E-state index in [0.717, 1.165) is 44.3 Å². The highest BCUT2D eigenvalue weighted by atomic mass is 19.1. The number of rotatable bonds is 5. The van der Waals surface area contributed by atoms with E-state index in [-0.39, 0.29) is 23.7 Å². The quantitative estimate of drug-likeness (QED) is 0.848. The third-order valence-electron chi connectivity index (χ3n) is 5.08. The molecule has 25 heavy (non-hydrogen) atoms. The smallest absolute Gasteiger partial charge is 0.237 e. The van der Waals surface area contributed by atoms with E-state index in [1.807, 2.05) is 4.90 Å². The summed E-state index contributed by atoms with van der Waals surface area (Å²) in [5.74, 6) is 0.158. The van der Waals surface area contributed by atoms with Crippen LogP contribution in [0.4, 0.5) is 4.39 Å². The lowest BCUT2D eigenvalue weighted by atomic mass is 9.97. The predicted octanol–water partition coefficient (Wildman–Crippen LogP) is 1.47. The normalized spacial score (nSPS) is 23.5. The summed E-state index contributed by atoms with van der Waals surface area (Å²) in [5, 5.41) is 6.23. The van der Waals surface area contributed by atoms with Gasteiger partial charge in [0, 0.05) is 19.6 Å². The van der Waals surface area contributed by atoms with Crippen molar-refractivity contribution in [3.05, 3.63) is 35.6 Å². The Morgan fingerprint density at radius 2 is 2.00 bits per heavy atom. The summed E-state index contributed by atoms with van der Waals surface area (Å²) in [5.41, 5.74) is 0.828. The van der Waals surface area contributed by atoms with Crippen molar-refractivity contribution in [2.24, 2.45) is 5.92 Å². The second-order valence-corrected chi connectivity index (χ2v) is 7.05. The van der Waals surface area contributed by atoms with Crippen LogP contribution < -0.4 is 10.6 Å². The van der Waals surface area contributed by atoms with Crippen molar-refractivity contribution < 1.29 is 14.0 Å². The van der Waals surface area contributed by atoms with Gasteiger partial charge in [-0.05, 0) is 55.8 Å². The number of nitrogens with one attached hydrogen (secondary N) is 2. The average Bonchev–Trinajstić information content (AvgIpc) is 3.16. The number of piperidine rings is 1. The van der Waals surface area contributed by atoms with Crippen molar-refractivity contribution in [3.63, 3.8) is 0 Å². The van der Waals surface area contributed by atoms with Crippen molar-refractivity contribution in [3.8, 4) is 0 Å². The van der Waals surface area contributed by atoms with Crippen LogP contribution in [0.2, 0.25) is 0 Å². The topological polar surface area (TPSA) is 61.4 Å². The molecule has 0 bridgehead atoms.